The predicted molar refractivity (Wildman–Crippen MR) is 65.1 cm³/mol. The van der Waals surface area contributed by atoms with Crippen molar-refractivity contribution in [1.29, 1.82) is 0 Å². The first-order valence-electron chi connectivity index (χ1n) is 6.06. The summed E-state index contributed by atoms with van der Waals surface area (Å²) < 4.78 is 5.51. The molecule has 1 heterocycles. The van der Waals surface area contributed by atoms with Gasteiger partial charge in [-0.05, 0) is 24.8 Å². The minimum Gasteiger partial charge on any atom is -0.464 e. The van der Waals surface area contributed by atoms with Crippen LogP contribution in [0.25, 0.3) is 11.0 Å². The summed E-state index contributed by atoms with van der Waals surface area (Å²) in [6.07, 6.45) is 6.97. The molecule has 0 amide bonds. The Kier molecular flexibility index (Phi) is 2.44. The van der Waals surface area contributed by atoms with Crippen LogP contribution >= 0.6 is 0 Å². The molecule has 84 valence electrons. The lowest BCUT2D eigenvalue weighted by molar-refractivity contribution is 0.558. The van der Waals surface area contributed by atoms with Crippen LogP contribution in [0.2, 0.25) is 0 Å². The van der Waals surface area contributed by atoms with Gasteiger partial charge in [0, 0.05) is 17.0 Å². The van der Waals surface area contributed by atoms with Crippen molar-refractivity contribution in [2.75, 3.05) is 0 Å². The minimum atomic E-state index is 0.129. The second-order valence-electron chi connectivity index (χ2n) is 4.81. The van der Waals surface area contributed by atoms with Crippen molar-refractivity contribution in [2.45, 2.75) is 31.7 Å². The third-order valence-electron chi connectivity index (χ3n) is 3.49. The Balaban J connectivity index is 1.80. The zero-order valence-corrected chi connectivity index (χ0v) is 9.36. The lowest BCUT2D eigenvalue weighted by atomic mass is 10.0. The number of hydrogen-bond acceptors (Lipinski definition) is 2. The van der Waals surface area contributed by atoms with Gasteiger partial charge < -0.3 is 10.2 Å². The van der Waals surface area contributed by atoms with Crippen molar-refractivity contribution >= 4 is 11.0 Å². The smallest absolute Gasteiger partial charge is 0.134 e. The van der Waals surface area contributed by atoms with Gasteiger partial charge in [-0.15, -0.1) is 0 Å². The number of nitrogens with two attached hydrogens (primary N) is 1. The van der Waals surface area contributed by atoms with Crippen LogP contribution in [0.1, 0.15) is 37.3 Å². The summed E-state index contributed by atoms with van der Waals surface area (Å²) in [6, 6.07) is 8.24. The van der Waals surface area contributed by atoms with Gasteiger partial charge in [-0.1, -0.05) is 31.0 Å². The Morgan fingerprint density at radius 1 is 1.31 bits per heavy atom. The predicted octanol–water partition coefficient (Wildman–Crippen LogP) is 3.62. The third kappa shape index (κ3) is 1.85. The first-order valence-corrected chi connectivity index (χ1v) is 6.06. The van der Waals surface area contributed by atoms with Crippen LogP contribution < -0.4 is 5.73 Å². The quantitative estimate of drug-likeness (QED) is 0.846. The maximum absolute atomic E-state index is 6.22. The van der Waals surface area contributed by atoms with Crippen LogP contribution in [0.5, 0.6) is 0 Å². The fraction of sp³-hybridized carbons (Fsp3) is 0.429. The van der Waals surface area contributed by atoms with E-state index in [0.717, 1.165) is 23.5 Å². The summed E-state index contributed by atoms with van der Waals surface area (Å²) in [6.45, 7) is 0. The van der Waals surface area contributed by atoms with Crippen LogP contribution in [0.15, 0.2) is 34.9 Å². The maximum atomic E-state index is 6.22. The van der Waals surface area contributed by atoms with Crippen LogP contribution in [0, 0.1) is 5.92 Å². The molecule has 1 aliphatic rings. The van der Waals surface area contributed by atoms with Gasteiger partial charge in [0.2, 0.25) is 0 Å². The normalized spacial score (nSPS) is 17.8. The van der Waals surface area contributed by atoms with Gasteiger partial charge in [0.05, 0.1) is 6.26 Å². The zero-order valence-electron chi connectivity index (χ0n) is 9.36. The molecule has 16 heavy (non-hydrogen) atoms. The summed E-state index contributed by atoms with van der Waals surface area (Å²) in [5.41, 5.74) is 8.33. The lowest BCUT2D eigenvalue weighted by Gasteiger charge is -2.09. The summed E-state index contributed by atoms with van der Waals surface area (Å²) in [7, 11) is 0. The Hall–Kier alpha value is -1.28. The molecule has 0 aliphatic heterocycles. The zero-order chi connectivity index (χ0) is 11.0. The molecule has 2 N–H and O–H groups in total. The van der Waals surface area contributed by atoms with E-state index < -0.39 is 0 Å². The first-order chi connectivity index (χ1) is 7.84. The summed E-state index contributed by atoms with van der Waals surface area (Å²) in [5.74, 6) is 0.948. The average Bonchev–Trinajstić information content (AvgIpc) is 3.04. The van der Waals surface area contributed by atoms with Crippen molar-refractivity contribution in [3.8, 4) is 0 Å². The van der Waals surface area contributed by atoms with Gasteiger partial charge in [-0.2, -0.15) is 0 Å². The topological polar surface area (TPSA) is 39.2 Å². The SMILES string of the molecule is NC(CCC1CC1)c1coc2ccccc12. The van der Waals surface area contributed by atoms with Crippen molar-refractivity contribution < 1.29 is 4.42 Å². The largest absolute Gasteiger partial charge is 0.464 e. The highest BCUT2D eigenvalue weighted by molar-refractivity contribution is 5.81. The average molecular weight is 215 g/mol. The Bertz CT molecular complexity index is 484. The van der Waals surface area contributed by atoms with Gasteiger partial charge in [-0.3, -0.25) is 0 Å². The molecule has 1 atom stereocenters. The van der Waals surface area contributed by atoms with Gasteiger partial charge in [0.1, 0.15) is 5.58 Å². The standard InChI is InChI=1S/C14H17NO/c15-13(8-7-10-5-6-10)12-9-16-14-4-2-1-3-11(12)14/h1-4,9-10,13H,5-8,15H2. The molecule has 2 aromatic rings. The number of hydrogen-bond donors (Lipinski definition) is 1. The van der Waals surface area contributed by atoms with Crippen LogP contribution in [0.3, 0.4) is 0 Å². The number of rotatable bonds is 4. The Labute approximate surface area is 95.4 Å². The van der Waals surface area contributed by atoms with E-state index in [2.05, 4.69) is 6.07 Å². The number of para-hydroxylation sites is 1. The molecule has 1 saturated carbocycles. The summed E-state index contributed by atoms with van der Waals surface area (Å²) in [5, 5.41) is 1.17. The molecular formula is C14H17NO. The van der Waals surface area contributed by atoms with E-state index in [0.29, 0.717) is 0 Å². The molecule has 1 aromatic heterocycles. The lowest BCUT2D eigenvalue weighted by Crippen LogP contribution is -2.09. The fourth-order valence-electron chi connectivity index (χ4n) is 2.26. The molecule has 0 spiro atoms. The van der Waals surface area contributed by atoms with Crippen molar-refractivity contribution in [3.05, 3.63) is 36.1 Å². The van der Waals surface area contributed by atoms with Crippen molar-refractivity contribution in [3.63, 3.8) is 0 Å². The highest BCUT2D eigenvalue weighted by Gasteiger charge is 2.22. The van der Waals surface area contributed by atoms with E-state index in [1.54, 1.807) is 0 Å². The van der Waals surface area contributed by atoms with Gasteiger partial charge in [-0.25, -0.2) is 0 Å². The fourth-order valence-corrected chi connectivity index (χ4v) is 2.26. The molecule has 1 aliphatic carbocycles. The first kappa shape index (κ1) is 9.91. The third-order valence-corrected chi connectivity index (χ3v) is 3.49. The highest BCUT2D eigenvalue weighted by Crippen LogP contribution is 2.36. The monoisotopic (exact) mass is 215 g/mol. The van der Waals surface area contributed by atoms with E-state index in [-0.39, 0.29) is 6.04 Å². The molecule has 3 rings (SSSR count). The molecule has 0 saturated heterocycles. The molecule has 0 radical (unpaired) electrons. The van der Waals surface area contributed by atoms with Gasteiger partial charge in [0.15, 0.2) is 0 Å². The molecule has 1 fully saturated rings. The number of furan rings is 1. The maximum Gasteiger partial charge on any atom is 0.134 e. The van der Waals surface area contributed by atoms with Crippen LogP contribution in [0.4, 0.5) is 0 Å². The van der Waals surface area contributed by atoms with E-state index in [4.69, 9.17) is 10.2 Å². The molecule has 2 heteroatoms. The van der Waals surface area contributed by atoms with Gasteiger partial charge >= 0.3 is 0 Å². The van der Waals surface area contributed by atoms with Crippen LogP contribution in [-0.2, 0) is 0 Å². The molecule has 0 bridgehead atoms. The number of benzene rings is 1. The molecular weight excluding hydrogens is 198 g/mol. The second-order valence-corrected chi connectivity index (χ2v) is 4.81. The van der Waals surface area contributed by atoms with E-state index in [1.165, 1.54) is 24.6 Å². The molecule has 1 unspecified atom stereocenters. The van der Waals surface area contributed by atoms with Crippen molar-refractivity contribution in [2.24, 2.45) is 11.7 Å². The van der Waals surface area contributed by atoms with E-state index >= 15 is 0 Å². The molecule has 1 aromatic carbocycles. The highest BCUT2D eigenvalue weighted by atomic mass is 16.3. The summed E-state index contributed by atoms with van der Waals surface area (Å²) >= 11 is 0. The number of fused-ring (bicyclic) bond motifs is 1. The Morgan fingerprint density at radius 3 is 2.94 bits per heavy atom. The summed E-state index contributed by atoms with van der Waals surface area (Å²) in [4.78, 5) is 0. The van der Waals surface area contributed by atoms with Crippen LogP contribution in [-0.4, -0.2) is 0 Å². The minimum absolute atomic E-state index is 0.129. The second kappa shape index (κ2) is 3.95. The van der Waals surface area contributed by atoms with E-state index in [1.807, 2.05) is 24.5 Å². The van der Waals surface area contributed by atoms with E-state index in [9.17, 15) is 0 Å². The van der Waals surface area contributed by atoms with Gasteiger partial charge in [0.25, 0.3) is 0 Å². The Morgan fingerprint density at radius 2 is 2.12 bits per heavy atom. The van der Waals surface area contributed by atoms with Crippen molar-refractivity contribution in [1.82, 2.24) is 0 Å². The molecule has 2 nitrogen and oxygen atoms in total.